The number of hydrogen-bond donors (Lipinski definition) is 3. The molecular formula is C19H18N4O4. The van der Waals surface area contributed by atoms with Crippen LogP contribution in [0.25, 0.3) is 0 Å². The van der Waals surface area contributed by atoms with Gasteiger partial charge in [0.2, 0.25) is 5.91 Å². The molecule has 0 unspecified atom stereocenters. The molecule has 2 atom stereocenters. The topological polar surface area (TPSA) is 113 Å². The summed E-state index contributed by atoms with van der Waals surface area (Å²) in [7, 11) is 0. The van der Waals surface area contributed by atoms with Crippen LogP contribution in [0.4, 0.5) is 16.2 Å². The van der Waals surface area contributed by atoms with Crippen molar-refractivity contribution in [3.8, 4) is 0 Å². The van der Waals surface area contributed by atoms with Gasteiger partial charge < -0.3 is 16.0 Å². The average molecular weight is 366 g/mol. The van der Waals surface area contributed by atoms with Gasteiger partial charge in [-0.05, 0) is 18.6 Å². The highest BCUT2D eigenvalue weighted by Crippen LogP contribution is 2.31. The second kappa shape index (κ2) is 7.28. The van der Waals surface area contributed by atoms with E-state index in [2.05, 4.69) is 22.5 Å². The van der Waals surface area contributed by atoms with Gasteiger partial charge in [0.05, 0.1) is 11.0 Å². The van der Waals surface area contributed by atoms with Gasteiger partial charge in [0.25, 0.3) is 5.69 Å². The van der Waals surface area contributed by atoms with Crippen LogP contribution >= 0.6 is 0 Å². The number of amides is 3. The number of urea groups is 1. The van der Waals surface area contributed by atoms with Gasteiger partial charge in [-0.25, -0.2) is 4.79 Å². The second-order valence-corrected chi connectivity index (χ2v) is 6.29. The minimum atomic E-state index is -0.787. The maximum absolute atomic E-state index is 12.9. The van der Waals surface area contributed by atoms with Crippen molar-refractivity contribution in [1.29, 1.82) is 0 Å². The summed E-state index contributed by atoms with van der Waals surface area (Å²) in [5.41, 5.74) is 2.23. The summed E-state index contributed by atoms with van der Waals surface area (Å²) in [6, 6.07) is 12.1. The van der Waals surface area contributed by atoms with E-state index in [0.717, 1.165) is 11.1 Å². The number of hydrogen-bond acceptors (Lipinski definition) is 4. The molecule has 0 radical (unpaired) electrons. The van der Waals surface area contributed by atoms with Gasteiger partial charge in [-0.2, -0.15) is 0 Å². The van der Waals surface area contributed by atoms with E-state index in [-0.39, 0.29) is 11.4 Å². The molecule has 0 spiro atoms. The van der Waals surface area contributed by atoms with E-state index in [4.69, 9.17) is 0 Å². The molecule has 0 aromatic heterocycles. The number of rotatable bonds is 4. The first-order valence-electron chi connectivity index (χ1n) is 8.23. The number of aryl methyl sites for hydroxylation is 1. The Morgan fingerprint density at radius 3 is 2.59 bits per heavy atom. The van der Waals surface area contributed by atoms with E-state index in [1.807, 2.05) is 31.2 Å². The first-order chi connectivity index (χ1) is 12.8. The number of carbonyl (C=O) groups excluding carboxylic acids is 2. The highest BCUT2D eigenvalue weighted by molar-refractivity contribution is 5.97. The number of non-ortho nitro benzene ring substituents is 1. The summed E-state index contributed by atoms with van der Waals surface area (Å²) in [4.78, 5) is 35.1. The van der Waals surface area contributed by atoms with Gasteiger partial charge in [-0.3, -0.25) is 14.9 Å². The van der Waals surface area contributed by atoms with Gasteiger partial charge >= 0.3 is 6.03 Å². The first kappa shape index (κ1) is 18.1. The van der Waals surface area contributed by atoms with Crippen molar-refractivity contribution in [2.45, 2.75) is 13.0 Å². The van der Waals surface area contributed by atoms with Crippen molar-refractivity contribution >= 4 is 23.3 Å². The Balaban J connectivity index is 1.88. The van der Waals surface area contributed by atoms with Crippen molar-refractivity contribution in [3.63, 3.8) is 0 Å². The summed E-state index contributed by atoms with van der Waals surface area (Å²) < 4.78 is 0. The molecule has 1 aliphatic heterocycles. The average Bonchev–Trinajstić information content (AvgIpc) is 2.61. The first-order valence-corrected chi connectivity index (χ1v) is 8.23. The molecule has 1 saturated heterocycles. The lowest BCUT2D eigenvalue weighted by atomic mass is 9.88. The lowest BCUT2D eigenvalue weighted by Gasteiger charge is -2.34. The third kappa shape index (κ3) is 3.95. The monoisotopic (exact) mass is 366 g/mol. The predicted molar refractivity (Wildman–Crippen MR) is 99.9 cm³/mol. The Bertz CT molecular complexity index is 924. The van der Waals surface area contributed by atoms with E-state index in [1.165, 1.54) is 18.2 Å². The highest BCUT2D eigenvalue weighted by Gasteiger charge is 2.37. The van der Waals surface area contributed by atoms with Crippen molar-refractivity contribution < 1.29 is 14.5 Å². The van der Waals surface area contributed by atoms with Gasteiger partial charge in [-0.1, -0.05) is 42.5 Å². The Labute approximate surface area is 155 Å². The molecule has 8 heteroatoms. The Hall–Kier alpha value is -3.68. The molecule has 138 valence electrons. The lowest BCUT2D eigenvalue weighted by molar-refractivity contribution is -0.384. The number of nitro groups is 1. The largest absolute Gasteiger partial charge is 0.330 e. The number of anilines is 1. The predicted octanol–water partition coefficient (Wildman–Crippen LogP) is 3.03. The molecule has 2 aromatic rings. The molecule has 2 aromatic carbocycles. The molecule has 1 fully saturated rings. The van der Waals surface area contributed by atoms with Gasteiger partial charge in [0.1, 0.15) is 5.92 Å². The number of benzene rings is 2. The molecule has 0 aliphatic carbocycles. The molecule has 8 nitrogen and oxygen atoms in total. The molecular weight excluding hydrogens is 348 g/mol. The van der Waals surface area contributed by atoms with E-state index in [0.29, 0.717) is 5.69 Å². The van der Waals surface area contributed by atoms with E-state index in [1.54, 1.807) is 6.07 Å². The summed E-state index contributed by atoms with van der Waals surface area (Å²) in [6.07, 6.45) is 0. The van der Waals surface area contributed by atoms with Crippen LogP contribution in [0.1, 0.15) is 17.2 Å². The van der Waals surface area contributed by atoms with Crippen LogP contribution in [0.15, 0.2) is 60.8 Å². The molecule has 27 heavy (non-hydrogen) atoms. The standard InChI is InChI=1S/C19H18N4O4/c1-11-6-8-13(9-7-11)17-16(12(2)20-19(25)22-17)18(24)21-14-4-3-5-15(10-14)23(26)27/h3-10,16-17H,2H2,1H3,(H,21,24)(H2,20,22,25)/t16-,17-/m1/s1. The third-order valence-corrected chi connectivity index (χ3v) is 4.31. The summed E-state index contributed by atoms with van der Waals surface area (Å²) in [6.45, 7) is 5.75. The number of carbonyl (C=O) groups is 2. The lowest BCUT2D eigenvalue weighted by Crippen LogP contribution is -2.51. The van der Waals surface area contributed by atoms with E-state index >= 15 is 0 Å². The maximum atomic E-state index is 12.9. The number of nitrogens with one attached hydrogen (secondary N) is 3. The SMILES string of the molecule is C=C1NC(=O)N[C@H](c2ccc(C)cc2)[C@@H]1C(=O)Nc1cccc([N+](=O)[O-])c1. The van der Waals surface area contributed by atoms with Crippen LogP contribution in [-0.4, -0.2) is 16.9 Å². The summed E-state index contributed by atoms with van der Waals surface area (Å²) >= 11 is 0. The van der Waals surface area contributed by atoms with Gasteiger partial charge in [0, 0.05) is 23.5 Å². The molecule has 0 bridgehead atoms. The third-order valence-electron chi connectivity index (χ3n) is 4.31. The Morgan fingerprint density at radius 1 is 1.22 bits per heavy atom. The summed E-state index contributed by atoms with van der Waals surface area (Å²) in [5.74, 6) is -1.22. The quantitative estimate of drug-likeness (QED) is 0.570. The molecule has 1 heterocycles. The highest BCUT2D eigenvalue weighted by atomic mass is 16.6. The smallest absolute Gasteiger partial charge is 0.319 e. The Morgan fingerprint density at radius 2 is 1.93 bits per heavy atom. The van der Waals surface area contributed by atoms with Crippen LogP contribution < -0.4 is 16.0 Å². The fraction of sp³-hybridized carbons (Fsp3) is 0.158. The zero-order valence-corrected chi connectivity index (χ0v) is 14.6. The molecule has 3 rings (SSSR count). The fourth-order valence-corrected chi connectivity index (χ4v) is 2.96. The van der Waals surface area contributed by atoms with Gasteiger partial charge in [0.15, 0.2) is 0 Å². The van der Waals surface area contributed by atoms with Crippen molar-refractivity contribution in [3.05, 3.63) is 82.0 Å². The van der Waals surface area contributed by atoms with Crippen LogP contribution in [0.5, 0.6) is 0 Å². The van der Waals surface area contributed by atoms with Crippen LogP contribution in [0.2, 0.25) is 0 Å². The minimum Gasteiger partial charge on any atom is -0.330 e. The molecule has 0 saturated carbocycles. The maximum Gasteiger partial charge on any atom is 0.319 e. The van der Waals surface area contributed by atoms with Crippen molar-refractivity contribution in [1.82, 2.24) is 10.6 Å². The van der Waals surface area contributed by atoms with Crippen molar-refractivity contribution in [2.24, 2.45) is 5.92 Å². The van der Waals surface area contributed by atoms with Crippen LogP contribution in [0.3, 0.4) is 0 Å². The van der Waals surface area contributed by atoms with Crippen LogP contribution in [0, 0.1) is 23.0 Å². The van der Waals surface area contributed by atoms with E-state index < -0.39 is 28.8 Å². The van der Waals surface area contributed by atoms with Crippen LogP contribution in [-0.2, 0) is 4.79 Å². The van der Waals surface area contributed by atoms with Gasteiger partial charge in [-0.15, -0.1) is 0 Å². The molecule has 3 N–H and O–H groups in total. The molecule has 3 amide bonds. The van der Waals surface area contributed by atoms with Crippen molar-refractivity contribution in [2.75, 3.05) is 5.32 Å². The molecule has 1 aliphatic rings. The fourth-order valence-electron chi connectivity index (χ4n) is 2.96. The number of nitrogens with zero attached hydrogens (tertiary/aromatic N) is 1. The second-order valence-electron chi connectivity index (χ2n) is 6.29. The minimum absolute atomic E-state index is 0.128. The Kier molecular flexibility index (Phi) is 4.89. The zero-order valence-electron chi connectivity index (χ0n) is 14.6. The zero-order chi connectivity index (χ0) is 19.6. The number of nitro benzene ring substituents is 1. The van der Waals surface area contributed by atoms with E-state index in [9.17, 15) is 19.7 Å². The normalized spacial score (nSPS) is 19.0. The summed E-state index contributed by atoms with van der Waals surface area (Å²) in [5, 5.41) is 18.9.